The Morgan fingerprint density at radius 1 is 1.07 bits per heavy atom. The van der Waals surface area contributed by atoms with Gasteiger partial charge >= 0.3 is 11.9 Å². The van der Waals surface area contributed by atoms with Crippen LogP contribution in [0.2, 0.25) is 0 Å². The smallest absolute Gasteiger partial charge is 0.338 e. The number of rotatable bonds is 3. The van der Waals surface area contributed by atoms with Crippen LogP contribution in [0.15, 0.2) is 46.3 Å². The highest BCUT2D eigenvalue weighted by molar-refractivity contribution is 8.04. The van der Waals surface area contributed by atoms with Crippen molar-refractivity contribution >= 4 is 29.6 Å². The number of ether oxygens (including phenoxy) is 2. The lowest BCUT2D eigenvalue weighted by atomic mass is 9.82. The molecule has 2 heterocycles. The van der Waals surface area contributed by atoms with E-state index in [9.17, 15) is 14.4 Å². The zero-order valence-corrected chi connectivity index (χ0v) is 16.3. The average molecular weight is 388 g/mol. The number of benzene rings is 1. The number of amides is 1. The first-order valence-electron chi connectivity index (χ1n) is 8.29. The van der Waals surface area contributed by atoms with E-state index < -0.39 is 23.1 Å². The second-order valence-corrected chi connectivity index (χ2v) is 7.61. The second-order valence-electron chi connectivity index (χ2n) is 6.28. The minimum atomic E-state index is -0.789. The molecule has 142 valence electrons. The highest BCUT2D eigenvalue weighted by atomic mass is 32.2. The fourth-order valence-corrected chi connectivity index (χ4v) is 4.40. The topological polar surface area (TPSA) is 98.9 Å². The Labute approximate surface area is 161 Å². The molecular formula is C19H20N2O5S. The number of hydrogen-bond acceptors (Lipinski definition) is 7. The fraction of sp³-hybridized carbons (Fsp3) is 0.316. The number of carbonyl (C=O) groups is 3. The largest absolute Gasteiger partial charge is 0.466 e. The predicted octanol–water partition coefficient (Wildman–Crippen LogP) is 1.78. The summed E-state index contributed by atoms with van der Waals surface area (Å²) in [6.45, 7) is 3.66. The van der Waals surface area contributed by atoms with Crippen LogP contribution < -0.4 is 5.73 Å². The Bertz CT molecular complexity index is 888. The number of nitrogens with two attached hydrogens (primary N) is 1. The quantitative estimate of drug-likeness (QED) is 0.788. The van der Waals surface area contributed by atoms with Crippen LogP contribution in [0.3, 0.4) is 0 Å². The van der Waals surface area contributed by atoms with Crippen molar-refractivity contribution in [1.82, 2.24) is 4.90 Å². The van der Waals surface area contributed by atoms with Gasteiger partial charge in [0, 0.05) is 0 Å². The fourth-order valence-electron chi connectivity index (χ4n) is 3.24. The molecule has 3 rings (SSSR count). The molecule has 0 spiro atoms. The first-order valence-corrected chi connectivity index (χ1v) is 9.17. The number of thioether (sulfide) groups is 1. The summed E-state index contributed by atoms with van der Waals surface area (Å²) in [5, 5.41) is -0.0380. The number of nitrogens with zero attached hydrogens (tertiary/aromatic N) is 1. The van der Waals surface area contributed by atoms with Crippen molar-refractivity contribution in [3.8, 4) is 0 Å². The molecule has 1 fully saturated rings. The van der Waals surface area contributed by atoms with E-state index >= 15 is 0 Å². The van der Waals surface area contributed by atoms with E-state index in [1.807, 2.05) is 31.2 Å². The number of fused-ring (bicyclic) bond motifs is 1. The lowest BCUT2D eigenvalue weighted by molar-refractivity contribution is -0.137. The van der Waals surface area contributed by atoms with Gasteiger partial charge in [0.2, 0.25) is 5.91 Å². The molecule has 2 atom stereocenters. The molecule has 1 saturated heterocycles. The van der Waals surface area contributed by atoms with E-state index in [0.29, 0.717) is 10.6 Å². The van der Waals surface area contributed by atoms with Crippen LogP contribution in [0.1, 0.15) is 24.0 Å². The van der Waals surface area contributed by atoms with Gasteiger partial charge in [-0.1, -0.05) is 41.6 Å². The maximum atomic E-state index is 12.7. The predicted molar refractivity (Wildman–Crippen MR) is 100 cm³/mol. The molecule has 1 amide bonds. The van der Waals surface area contributed by atoms with Crippen LogP contribution in [0, 0.1) is 6.92 Å². The summed E-state index contributed by atoms with van der Waals surface area (Å²) in [6, 6.07) is 7.39. The van der Waals surface area contributed by atoms with Crippen LogP contribution in [0.5, 0.6) is 0 Å². The molecule has 0 aliphatic carbocycles. The van der Waals surface area contributed by atoms with E-state index in [-0.39, 0.29) is 22.9 Å². The SMILES string of the molecule is COC(=O)C1=C(N)N2C(=O)[C@@H](C)SC2=C(C(=O)OC)[C@@H]1c1ccc(C)cc1. The van der Waals surface area contributed by atoms with E-state index in [4.69, 9.17) is 15.2 Å². The van der Waals surface area contributed by atoms with Gasteiger partial charge in [-0.3, -0.25) is 9.69 Å². The Balaban J connectivity index is 2.32. The van der Waals surface area contributed by atoms with Crippen LogP contribution in [-0.2, 0) is 23.9 Å². The Morgan fingerprint density at radius 2 is 1.63 bits per heavy atom. The number of carbonyl (C=O) groups excluding carboxylic acids is 3. The third kappa shape index (κ3) is 2.99. The number of methoxy groups -OCH3 is 2. The molecule has 2 aliphatic rings. The Kier molecular flexibility index (Phi) is 5.01. The summed E-state index contributed by atoms with van der Waals surface area (Å²) in [5.41, 5.74) is 8.21. The molecule has 0 radical (unpaired) electrons. The van der Waals surface area contributed by atoms with Gasteiger partial charge in [-0.2, -0.15) is 0 Å². The summed E-state index contributed by atoms with van der Waals surface area (Å²) < 4.78 is 9.89. The minimum absolute atomic E-state index is 0.0167. The average Bonchev–Trinajstić information content (AvgIpc) is 2.96. The van der Waals surface area contributed by atoms with Gasteiger partial charge in [0.1, 0.15) is 5.82 Å². The summed E-state index contributed by atoms with van der Waals surface area (Å²) in [4.78, 5) is 39.1. The van der Waals surface area contributed by atoms with Gasteiger partial charge in [-0.05, 0) is 19.4 Å². The molecule has 0 aromatic heterocycles. The van der Waals surface area contributed by atoms with E-state index in [1.54, 1.807) is 6.92 Å². The molecule has 0 unspecified atom stereocenters. The number of hydrogen-bond donors (Lipinski definition) is 1. The maximum absolute atomic E-state index is 12.7. The van der Waals surface area contributed by atoms with Gasteiger partial charge < -0.3 is 15.2 Å². The monoisotopic (exact) mass is 388 g/mol. The van der Waals surface area contributed by atoms with Crippen molar-refractivity contribution in [2.75, 3.05) is 14.2 Å². The maximum Gasteiger partial charge on any atom is 0.338 e. The summed E-state index contributed by atoms with van der Waals surface area (Å²) in [6.07, 6.45) is 0. The molecule has 2 N–H and O–H groups in total. The third-order valence-corrected chi connectivity index (χ3v) is 5.79. The Hall–Kier alpha value is -2.74. The molecule has 27 heavy (non-hydrogen) atoms. The van der Waals surface area contributed by atoms with Crippen molar-refractivity contribution in [2.24, 2.45) is 5.73 Å². The van der Waals surface area contributed by atoms with Crippen molar-refractivity contribution in [3.63, 3.8) is 0 Å². The second kappa shape index (κ2) is 7.11. The summed E-state index contributed by atoms with van der Waals surface area (Å²) >= 11 is 1.22. The molecule has 2 aliphatic heterocycles. The zero-order valence-electron chi connectivity index (χ0n) is 15.4. The number of aryl methyl sites for hydroxylation is 1. The van der Waals surface area contributed by atoms with Gasteiger partial charge in [0.05, 0.1) is 41.6 Å². The van der Waals surface area contributed by atoms with Crippen molar-refractivity contribution in [2.45, 2.75) is 25.0 Å². The van der Waals surface area contributed by atoms with E-state index in [0.717, 1.165) is 5.56 Å². The number of esters is 2. The van der Waals surface area contributed by atoms with E-state index in [2.05, 4.69) is 0 Å². The molecular weight excluding hydrogens is 368 g/mol. The van der Waals surface area contributed by atoms with Crippen LogP contribution in [0.4, 0.5) is 0 Å². The summed E-state index contributed by atoms with van der Waals surface area (Å²) in [5.74, 6) is -2.42. The van der Waals surface area contributed by atoms with Crippen molar-refractivity contribution in [1.29, 1.82) is 0 Å². The zero-order chi connectivity index (χ0) is 19.9. The molecule has 1 aromatic carbocycles. The molecule has 8 heteroatoms. The normalized spacial score (nSPS) is 22.1. The van der Waals surface area contributed by atoms with Crippen molar-refractivity contribution in [3.05, 3.63) is 57.4 Å². The van der Waals surface area contributed by atoms with E-state index in [1.165, 1.54) is 30.9 Å². The van der Waals surface area contributed by atoms with Crippen LogP contribution in [0.25, 0.3) is 0 Å². The lowest BCUT2D eigenvalue weighted by Gasteiger charge is -2.32. The van der Waals surface area contributed by atoms with Crippen LogP contribution in [-0.4, -0.2) is 42.2 Å². The molecule has 0 saturated carbocycles. The highest BCUT2D eigenvalue weighted by Gasteiger charge is 2.48. The summed E-state index contributed by atoms with van der Waals surface area (Å²) in [7, 11) is 2.49. The van der Waals surface area contributed by atoms with Crippen LogP contribution >= 0.6 is 11.8 Å². The highest BCUT2D eigenvalue weighted by Crippen LogP contribution is 2.49. The van der Waals surface area contributed by atoms with Gasteiger partial charge in [0.25, 0.3) is 0 Å². The molecule has 7 nitrogen and oxygen atoms in total. The van der Waals surface area contributed by atoms with Gasteiger partial charge in [0.15, 0.2) is 0 Å². The Morgan fingerprint density at radius 3 is 2.19 bits per heavy atom. The standard InChI is InChI=1S/C19H20N2O5S/c1-9-5-7-11(8-6-9)12-13(18(23)25-3)15(20)21-16(22)10(2)27-17(21)14(12)19(24)26-4/h5-8,10,12H,20H2,1-4H3/t10-,12-/m1/s1. The first kappa shape index (κ1) is 19.0. The lowest BCUT2D eigenvalue weighted by Crippen LogP contribution is -2.40. The molecule has 1 aromatic rings. The molecule has 0 bridgehead atoms. The third-order valence-electron chi connectivity index (χ3n) is 4.61. The first-order chi connectivity index (χ1) is 12.8. The van der Waals surface area contributed by atoms with Crippen molar-refractivity contribution < 1.29 is 23.9 Å². The van der Waals surface area contributed by atoms with Gasteiger partial charge in [-0.15, -0.1) is 0 Å². The minimum Gasteiger partial charge on any atom is -0.466 e. The van der Waals surface area contributed by atoms with Gasteiger partial charge in [-0.25, -0.2) is 9.59 Å².